The molecule has 0 aliphatic carbocycles. The van der Waals surface area contributed by atoms with Gasteiger partial charge < -0.3 is 4.74 Å². The lowest BCUT2D eigenvalue weighted by molar-refractivity contribution is 0.00733. The Morgan fingerprint density at radius 2 is 2.00 bits per heavy atom. The molecule has 2 heterocycles. The Morgan fingerprint density at radius 3 is 2.86 bits per heavy atom. The maximum Gasteiger partial charge on any atom is 0.339 e. The number of esters is 1. The molecule has 0 aromatic heterocycles. The lowest BCUT2D eigenvalue weighted by atomic mass is 9.84. The van der Waals surface area contributed by atoms with Crippen LogP contribution in [-0.4, -0.2) is 36.6 Å². The second-order valence-electron chi connectivity index (χ2n) is 6.08. The molecule has 4 heteroatoms. The summed E-state index contributed by atoms with van der Waals surface area (Å²) in [7, 11) is 0. The van der Waals surface area contributed by atoms with Crippen LogP contribution in [0.2, 0.25) is 0 Å². The van der Waals surface area contributed by atoms with Gasteiger partial charge in [0.2, 0.25) is 0 Å². The highest BCUT2D eigenvalue weighted by Crippen LogP contribution is 2.31. The molecule has 2 aliphatic heterocycles. The minimum absolute atomic E-state index is 0.213. The molecule has 0 spiro atoms. The first-order valence-electron chi connectivity index (χ1n) is 7.91. The van der Waals surface area contributed by atoms with Crippen molar-refractivity contribution in [1.29, 1.82) is 0 Å². The first kappa shape index (κ1) is 15.0. The van der Waals surface area contributed by atoms with Gasteiger partial charge in [-0.05, 0) is 66.8 Å². The third-order valence-corrected chi connectivity index (χ3v) is 5.44. The van der Waals surface area contributed by atoms with Crippen LogP contribution >= 0.6 is 15.9 Å². The highest BCUT2D eigenvalue weighted by molar-refractivity contribution is 9.10. The van der Waals surface area contributed by atoms with Crippen LogP contribution in [0, 0.1) is 5.92 Å². The summed E-state index contributed by atoms with van der Waals surface area (Å²) in [5.41, 5.74) is 0.619. The molecule has 1 aromatic rings. The highest BCUT2D eigenvalue weighted by Gasteiger charge is 2.33. The van der Waals surface area contributed by atoms with Gasteiger partial charge in [0.25, 0.3) is 0 Å². The number of hydrogen-bond donors (Lipinski definition) is 0. The first-order valence-corrected chi connectivity index (χ1v) is 8.70. The molecule has 114 valence electrons. The van der Waals surface area contributed by atoms with Gasteiger partial charge >= 0.3 is 5.97 Å². The number of rotatable bonds is 3. The van der Waals surface area contributed by atoms with Gasteiger partial charge in [-0.25, -0.2) is 4.79 Å². The number of ether oxygens (including phenoxy) is 1. The van der Waals surface area contributed by atoms with Crippen LogP contribution in [0.5, 0.6) is 0 Å². The summed E-state index contributed by atoms with van der Waals surface area (Å²) in [6, 6.07) is 8.08. The molecule has 0 amide bonds. The van der Waals surface area contributed by atoms with Crippen molar-refractivity contribution in [3.8, 4) is 0 Å². The monoisotopic (exact) mass is 351 g/mol. The minimum atomic E-state index is -0.213. The minimum Gasteiger partial charge on any atom is -0.462 e. The van der Waals surface area contributed by atoms with Crippen molar-refractivity contribution in [3.05, 3.63) is 34.3 Å². The van der Waals surface area contributed by atoms with Crippen molar-refractivity contribution in [2.75, 3.05) is 19.7 Å². The van der Waals surface area contributed by atoms with E-state index in [1.807, 2.05) is 18.2 Å². The molecule has 3 rings (SSSR count). The van der Waals surface area contributed by atoms with E-state index in [1.165, 1.54) is 45.2 Å². The summed E-state index contributed by atoms with van der Waals surface area (Å²) in [5.74, 6) is 0.292. The maximum absolute atomic E-state index is 12.2. The second kappa shape index (κ2) is 6.93. The van der Waals surface area contributed by atoms with Crippen molar-refractivity contribution in [1.82, 2.24) is 4.90 Å². The average Bonchev–Trinajstić information content (AvgIpc) is 2.53. The number of fused-ring (bicyclic) bond motifs is 1. The Hall–Kier alpha value is -0.870. The lowest BCUT2D eigenvalue weighted by Gasteiger charge is -2.44. The number of piperidine rings is 2. The van der Waals surface area contributed by atoms with Crippen molar-refractivity contribution in [2.24, 2.45) is 5.92 Å². The van der Waals surface area contributed by atoms with E-state index in [1.54, 1.807) is 6.07 Å². The summed E-state index contributed by atoms with van der Waals surface area (Å²) >= 11 is 3.41. The van der Waals surface area contributed by atoms with Gasteiger partial charge in [0.1, 0.15) is 0 Å². The van der Waals surface area contributed by atoms with Crippen LogP contribution < -0.4 is 0 Å². The summed E-state index contributed by atoms with van der Waals surface area (Å²) in [4.78, 5) is 14.8. The molecule has 1 aromatic carbocycles. The number of carbonyl (C=O) groups is 1. The fraction of sp³-hybridized carbons (Fsp3) is 0.588. The topological polar surface area (TPSA) is 29.5 Å². The molecule has 2 atom stereocenters. The Bertz CT molecular complexity index is 503. The van der Waals surface area contributed by atoms with Crippen LogP contribution in [0.4, 0.5) is 0 Å². The van der Waals surface area contributed by atoms with E-state index in [0.29, 0.717) is 24.1 Å². The highest BCUT2D eigenvalue weighted by atomic mass is 79.9. The standard InChI is InChI=1S/C17H22BrNO2/c18-15-8-2-1-7-14(15)17(20)21-12-13-6-5-11-19-10-4-3-9-16(13)19/h1-2,7-8,13,16H,3-6,9-12H2/t13-,16-/m0/s1. The van der Waals surface area contributed by atoms with Gasteiger partial charge in [0.05, 0.1) is 12.2 Å². The van der Waals surface area contributed by atoms with Crippen molar-refractivity contribution in [3.63, 3.8) is 0 Å². The maximum atomic E-state index is 12.2. The quantitative estimate of drug-likeness (QED) is 0.774. The number of hydrogen-bond acceptors (Lipinski definition) is 3. The fourth-order valence-electron chi connectivity index (χ4n) is 3.66. The molecule has 0 bridgehead atoms. The zero-order valence-electron chi connectivity index (χ0n) is 12.3. The molecular formula is C17H22BrNO2. The van der Waals surface area contributed by atoms with Crippen molar-refractivity contribution >= 4 is 21.9 Å². The molecule has 2 aliphatic rings. The average molecular weight is 352 g/mol. The predicted molar refractivity (Wildman–Crippen MR) is 86.4 cm³/mol. The first-order chi connectivity index (χ1) is 10.3. The van der Waals surface area contributed by atoms with Gasteiger partial charge in [0.15, 0.2) is 0 Å². The third kappa shape index (κ3) is 3.49. The molecule has 2 fully saturated rings. The smallest absolute Gasteiger partial charge is 0.339 e. The van der Waals surface area contributed by atoms with E-state index in [4.69, 9.17) is 4.74 Å². The van der Waals surface area contributed by atoms with Gasteiger partial charge in [-0.1, -0.05) is 18.6 Å². The Labute approximate surface area is 134 Å². The Morgan fingerprint density at radius 1 is 1.19 bits per heavy atom. The third-order valence-electron chi connectivity index (χ3n) is 4.75. The summed E-state index contributed by atoms with van der Waals surface area (Å²) in [6.07, 6.45) is 6.31. The zero-order chi connectivity index (χ0) is 14.7. The van der Waals surface area contributed by atoms with E-state index in [2.05, 4.69) is 20.8 Å². The number of carbonyl (C=O) groups excluding carboxylic acids is 1. The zero-order valence-corrected chi connectivity index (χ0v) is 13.8. The molecule has 0 radical (unpaired) electrons. The summed E-state index contributed by atoms with van der Waals surface area (Å²) in [5, 5.41) is 0. The van der Waals surface area contributed by atoms with Crippen molar-refractivity contribution in [2.45, 2.75) is 38.1 Å². The molecule has 3 nitrogen and oxygen atoms in total. The van der Waals surface area contributed by atoms with Crippen LogP contribution in [0.25, 0.3) is 0 Å². The number of nitrogens with zero attached hydrogens (tertiary/aromatic N) is 1. The second-order valence-corrected chi connectivity index (χ2v) is 6.93. The number of halogens is 1. The molecule has 0 N–H and O–H groups in total. The van der Waals surface area contributed by atoms with Crippen LogP contribution in [0.15, 0.2) is 28.7 Å². The van der Waals surface area contributed by atoms with Crippen LogP contribution in [0.3, 0.4) is 0 Å². The normalized spacial score (nSPS) is 26.1. The summed E-state index contributed by atoms with van der Waals surface area (Å²) < 4.78 is 6.41. The van der Waals surface area contributed by atoms with E-state index < -0.39 is 0 Å². The van der Waals surface area contributed by atoms with E-state index in [-0.39, 0.29) is 5.97 Å². The molecule has 0 saturated carbocycles. The van der Waals surface area contributed by atoms with Gasteiger partial charge in [-0.15, -0.1) is 0 Å². The predicted octanol–water partition coefficient (Wildman–Crippen LogP) is 3.87. The molecule has 21 heavy (non-hydrogen) atoms. The summed E-state index contributed by atoms with van der Waals surface area (Å²) in [6.45, 7) is 3.00. The molecular weight excluding hydrogens is 330 g/mol. The van der Waals surface area contributed by atoms with Crippen LogP contribution in [-0.2, 0) is 4.74 Å². The molecule has 2 saturated heterocycles. The van der Waals surface area contributed by atoms with Crippen LogP contribution in [0.1, 0.15) is 42.5 Å². The Kier molecular flexibility index (Phi) is 4.96. The molecule has 0 unspecified atom stereocenters. The van der Waals surface area contributed by atoms with Gasteiger partial charge in [-0.3, -0.25) is 4.90 Å². The largest absolute Gasteiger partial charge is 0.462 e. The number of benzene rings is 1. The van der Waals surface area contributed by atoms with Gasteiger partial charge in [0, 0.05) is 16.4 Å². The van der Waals surface area contributed by atoms with E-state index in [9.17, 15) is 4.79 Å². The fourth-order valence-corrected chi connectivity index (χ4v) is 4.11. The van der Waals surface area contributed by atoms with Gasteiger partial charge in [-0.2, -0.15) is 0 Å². The van der Waals surface area contributed by atoms with Crippen molar-refractivity contribution < 1.29 is 9.53 Å². The lowest BCUT2D eigenvalue weighted by Crippen LogP contribution is -2.49. The SMILES string of the molecule is O=C(OC[C@@H]1CCCN2CCCC[C@@H]12)c1ccccc1Br. The van der Waals surface area contributed by atoms with E-state index in [0.717, 1.165) is 4.47 Å². The van der Waals surface area contributed by atoms with E-state index >= 15 is 0 Å². The Balaban J connectivity index is 1.59.